The average Bonchev–Trinajstić information content (AvgIpc) is 2.28. The van der Waals surface area contributed by atoms with Gasteiger partial charge >= 0.3 is 0 Å². The number of hydrogen-bond donors (Lipinski definition) is 1. The van der Waals surface area contributed by atoms with Gasteiger partial charge in [0.25, 0.3) is 0 Å². The molecule has 2 atom stereocenters. The van der Waals surface area contributed by atoms with E-state index in [1.807, 2.05) is 6.07 Å². The van der Waals surface area contributed by atoms with E-state index in [0.29, 0.717) is 19.3 Å². The van der Waals surface area contributed by atoms with Gasteiger partial charge < -0.3 is 5.32 Å². The molecule has 0 aromatic rings. The maximum Gasteiger partial charge on any atom is 0.239 e. The number of nitrogens with one attached hydrogen (secondary N) is 1. The molecule has 0 aliphatic carbocycles. The van der Waals surface area contributed by atoms with Crippen LogP contribution in [0.2, 0.25) is 0 Å². The Bertz CT molecular complexity index is 438. The Morgan fingerprint density at radius 3 is 2.65 bits per heavy atom. The molecular formula is C11H18N2O3S. The van der Waals surface area contributed by atoms with Gasteiger partial charge in [0.2, 0.25) is 5.91 Å². The van der Waals surface area contributed by atoms with Crippen molar-refractivity contribution in [1.29, 1.82) is 5.26 Å². The first-order chi connectivity index (χ1) is 7.84. The molecule has 2 unspecified atom stereocenters. The Kier molecular flexibility index (Phi) is 4.15. The highest BCUT2D eigenvalue weighted by atomic mass is 32.2. The summed E-state index contributed by atoms with van der Waals surface area (Å²) < 4.78 is 23.5. The molecule has 1 aliphatic heterocycles. The monoisotopic (exact) mass is 258 g/mol. The van der Waals surface area contributed by atoms with E-state index in [-0.39, 0.29) is 5.75 Å². The van der Waals surface area contributed by atoms with Crippen LogP contribution in [0.15, 0.2) is 0 Å². The van der Waals surface area contributed by atoms with Crippen LogP contribution in [0.5, 0.6) is 0 Å². The fourth-order valence-corrected chi connectivity index (χ4v) is 3.60. The zero-order chi connectivity index (χ0) is 13.1. The van der Waals surface area contributed by atoms with Crippen LogP contribution < -0.4 is 5.32 Å². The van der Waals surface area contributed by atoms with Gasteiger partial charge in [-0.25, -0.2) is 8.42 Å². The second-order valence-electron chi connectivity index (χ2n) is 4.64. The zero-order valence-electron chi connectivity index (χ0n) is 10.2. The first kappa shape index (κ1) is 14.0. The lowest BCUT2D eigenvalue weighted by Crippen LogP contribution is -2.51. The summed E-state index contributed by atoms with van der Waals surface area (Å²) in [6.45, 7) is 3.37. The molecule has 6 heteroatoms. The van der Waals surface area contributed by atoms with Crippen molar-refractivity contribution in [3.63, 3.8) is 0 Å². The third-order valence-corrected chi connectivity index (χ3v) is 5.40. The van der Waals surface area contributed by atoms with Crippen molar-refractivity contribution in [3.8, 4) is 6.07 Å². The number of carbonyl (C=O) groups excluding carboxylic acids is 1. The molecule has 1 heterocycles. The Morgan fingerprint density at radius 1 is 1.53 bits per heavy atom. The lowest BCUT2D eigenvalue weighted by molar-refractivity contribution is -0.122. The molecule has 1 saturated heterocycles. The number of rotatable bonds is 3. The molecule has 5 nitrogen and oxygen atoms in total. The third-order valence-electron chi connectivity index (χ3n) is 3.22. The Hall–Kier alpha value is -1.09. The topological polar surface area (TPSA) is 87.0 Å². The van der Waals surface area contributed by atoms with E-state index in [1.165, 1.54) is 0 Å². The number of nitriles is 1. The molecule has 0 radical (unpaired) electrons. The van der Waals surface area contributed by atoms with Gasteiger partial charge in [0.05, 0.1) is 11.8 Å². The van der Waals surface area contributed by atoms with Crippen LogP contribution in [0.3, 0.4) is 0 Å². The van der Waals surface area contributed by atoms with Gasteiger partial charge in [0.15, 0.2) is 9.84 Å². The highest BCUT2D eigenvalue weighted by Gasteiger charge is 2.37. The lowest BCUT2D eigenvalue weighted by atomic mass is 10.0. The number of amides is 1. The first-order valence-corrected chi connectivity index (χ1v) is 7.51. The predicted octanol–water partition coefficient (Wildman–Crippen LogP) is 0.762. The SMILES string of the molecule is CCC(C)(C#N)NC(=O)C1CCCCS1(=O)=O. The van der Waals surface area contributed by atoms with Crippen molar-refractivity contribution in [1.82, 2.24) is 5.32 Å². The number of hydrogen-bond acceptors (Lipinski definition) is 4. The molecule has 0 aromatic carbocycles. The summed E-state index contributed by atoms with van der Waals surface area (Å²) >= 11 is 0. The summed E-state index contributed by atoms with van der Waals surface area (Å²) in [5.74, 6) is -0.462. The molecule has 0 aromatic heterocycles. The number of carbonyl (C=O) groups is 1. The van der Waals surface area contributed by atoms with Gasteiger partial charge in [0, 0.05) is 0 Å². The van der Waals surface area contributed by atoms with Gasteiger partial charge in [-0.15, -0.1) is 0 Å². The summed E-state index contributed by atoms with van der Waals surface area (Å²) in [7, 11) is -3.33. The second-order valence-corrected chi connectivity index (χ2v) is 6.94. The van der Waals surface area contributed by atoms with E-state index in [0.717, 1.165) is 6.42 Å². The van der Waals surface area contributed by atoms with Crippen molar-refractivity contribution in [3.05, 3.63) is 0 Å². The Labute approximate surface area is 102 Å². The molecule has 17 heavy (non-hydrogen) atoms. The summed E-state index contributed by atoms with van der Waals surface area (Å²) in [5, 5.41) is 10.5. The normalized spacial score (nSPS) is 26.5. The number of nitrogens with zero attached hydrogens (tertiary/aromatic N) is 1. The molecule has 1 rings (SSSR count). The predicted molar refractivity (Wildman–Crippen MR) is 63.9 cm³/mol. The first-order valence-electron chi connectivity index (χ1n) is 5.79. The van der Waals surface area contributed by atoms with Crippen molar-refractivity contribution < 1.29 is 13.2 Å². The molecule has 1 N–H and O–H groups in total. The van der Waals surface area contributed by atoms with Crippen molar-refractivity contribution >= 4 is 15.7 Å². The van der Waals surface area contributed by atoms with Crippen LogP contribution >= 0.6 is 0 Å². The summed E-state index contributed by atoms with van der Waals surface area (Å²) in [6.07, 6.45) is 2.17. The quantitative estimate of drug-likeness (QED) is 0.809. The van der Waals surface area contributed by atoms with E-state index in [1.54, 1.807) is 13.8 Å². The largest absolute Gasteiger partial charge is 0.337 e. The van der Waals surface area contributed by atoms with Gasteiger partial charge in [-0.1, -0.05) is 13.3 Å². The molecule has 0 spiro atoms. The van der Waals surface area contributed by atoms with Gasteiger partial charge in [-0.05, 0) is 26.2 Å². The lowest BCUT2D eigenvalue weighted by Gasteiger charge is -2.27. The summed E-state index contributed by atoms with van der Waals surface area (Å²) in [4.78, 5) is 11.9. The van der Waals surface area contributed by atoms with E-state index in [9.17, 15) is 13.2 Å². The maximum absolute atomic E-state index is 11.9. The average molecular weight is 258 g/mol. The minimum Gasteiger partial charge on any atom is -0.337 e. The molecule has 0 saturated carbocycles. The molecule has 0 bridgehead atoms. The third kappa shape index (κ3) is 3.19. The molecule has 1 aliphatic rings. The summed E-state index contributed by atoms with van der Waals surface area (Å²) in [5.41, 5.74) is -0.982. The highest BCUT2D eigenvalue weighted by Crippen LogP contribution is 2.20. The smallest absolute Gasteiger partial charge is 0.239 e. The molecule has 1 fully saturated rings. The van der Waals surface area contributed by atoms with Gasteiger partial charge in [-0.2, -0.15) is 5.26 Å². The molecule has 96 valence electrons. The fraction of sp³-hybridized carbons (Fsp3) is 0.818. The molecule has 1 amide bonds. The van der Waals surface area contributed by atoms with Crippen molar-refractivity contribution in [2.45, 2.75) is 50.3 Å². The van der Waals surface area contributed by atoms with Crippen LogP contribution in [0.4, 0.5) is 0 Å². The Morgan fingerprint density at radius 2 is 2.18 bits per heavy atom. The van der Waals surface area contributed by atoms with Crippen LogP contribution in [-0.4, -0.2) is 30.9 Å². The van der Waals surface area contributed by atoms with Crippen molar-refractivity contribution in [2.75, 3.05) is 5.75 Å². The summed E-state index contributed by atoms with van der Waals surface area (Å²) in [6, 6.07) is 2.00. The van der Waals surface area contributed by atoms with E-state index in [2.05, 4.69) is 5.32 Å². The van der Waals surface area contributed by atoms with Crippen molar-refractivity contribution in [2.24, 2.45) is 0 Å². The van der Waals surface area contributed by atoms with E-state index in [4.69, 9.17) is 5.26 Å². The van der Waals surface area contributed by atoms with Crippen LogP contribution in [-0.2, 0) is 14.6 Å². The van der Waals surface area contributed by atoms with Crippen LogP contribution in [0.25, 0.3) is 0 Å². The standard InChI is InChI=1S/C11H18N2O3S/c1-3-11(2,8-12)13-10(14)9-6-4-5-7-17(9,15)16/h9H,3-7H2,1-2H3,(H,13,14). The zero-order valence-corrected chi connectivity index (χ0v) is 11.0. The van der Waals surface area contributed by atoms with Crippen LogP contribution in [0.1, 0.15) is 39.5 Å². The van der Waals surface area contributed by atoms with Crippen LogP contribution in [0, 0.1) is 11.3 Å². The minimum absolute atomic E-state index is 0.0699. The number of sulfone groups is 1. The maximum atomic E-state index is 11.9. The molecular weight excluding hydrogens is 240 g/mol. The minimum atomic E-state index is -3.33. The highest BCUT2D eigenvalue weighted by molar-refractivity contribution is 7.92. The fourth-order valence-electron chi connectivity index (χ4n) is 1.80. The van der Waals surface area contributed by atoms with E-state index < -0.39 is 26.5 Å². The Balaban J connectivity index is 2.81. The van der Waals surface area contributed by atoms with E-state index >= 15 is 0 Å². The second kappa shape index (κ2) is 5.05. The van der Waals surface area contributed by atoms with Gasteiger partial charge in [-0.3, -0.25) is 4.79 Å². The van der Waals surface area contributed by atoms with Gasteiger partial charge in [0.1, 0.15) is 10.8 Å².